The second-order valence-corrected chi connectivity index (χ2v) is 5.08. The van der Waals surface area contributed by atoms with Crippen LogP contribution in [0.1, 0.15) is 10.4 Å². The number of hydrogen-bond acceptors (Lipinski definition) is 2. The summed E-state index contributed by atoms with van der Waals surface area (Å²) in [4.78, 5) is 15.4. The van der Waals surface area contributed by atoms with Crippen LogP contribution < -0.4 is 5.73 Å². The van der Waals surface area contributed by atoms with Crippen LogP contribution in [-0.2, 0) is 0 Å². The molecule has 1 amide bonds. The molecule has 1 aromatic carbocycles. The Hall–Kier alpha value is -2.14. The van der Waals surface area contributed by atoms with Gasteiger partial charge < -0.3 is 5.73 Å². The Kier molecular flexibility index (Phi) is 2.83. The molecule has 0 radical (unpaired) electrons. The second-order valence-electron chi connectivity index (χ2n) is 4.16. The van der Waals surface area contributed by atoms with E-state index in [1.54, 1.807) is 18.3 Å². The summed E-state index contributed by atoms with van der Waals surface area (Å²) in [7, 11) is 0. The van der Waals surface area contributed by atoms with Crippen LogP contribution in [0.5, 0.6) is 0 Å². The fourth-order valence-electron chi connectivity index (χ4n) is 1.97. The summed E-state index contributed by atoms with van der Waals surface area (Å²) in [5.74, 6) is -0.424. The molecule has 3 rings (SSSR count). The number of fused-ring (bicyclic) bond motifs is 1. The standard InChI is InChI=1S/C14H10BrN3O/c15-11-5-6-13-17-7-12(18(13)8-11)9-1-3-10(4-2-9)14(16)19/h1-8H,(H2,16,19). The summed E-state index contributed by atoms with van der Waals surface area (Å²) in [6.45, 7) is 0. The van der Waals surface area contributed by atoms with Crippen molar-refractivity contribution in [2.24, 2.45) is 5.73 Å². The number of rotatable bonds is 2. The van der Waals surface area contributed by atoms with Gasteiger partial charge in [0.25, 0.3) is 0 Å². The first-order valence-electron chi connectivity index (χ1n) is 5.68. The van der Waals surface area contributed by atoms with E-state index in [2.05, 4.69) is 20.9 Å². The van der Waals surface area contributed by atoms with E-state index in [0.29, 0.717) is 5.56 Å². The first-order valence-corrected chi connectivity index (χ1v) is 6.47. The summed E-state index contributed by atoms with van der Waals surface area (Å²) >= 11 is 3.44. The van der Waals surface area contributed by atoms with Gasteiger partial charge in [-0.05, 0) is 40.2 Å². The highest BCUT2D eigenvalue weighted by atomic mass is 79.9. The van der Waals surface area contributed by atoms with Crippen LogP contribution in [-0.4, -0.2) is 15.3 Å². The minimum Gasteiger partial charge on any atom is -0.366 e. The van der Waals surface area contributed by atoms with E-state index in [1.807, 2.05) is 34.9 Å². The molecule has 0 aliphatic rings. The smallest absolute Gasteiger partial charge is 0.248 e. The Morgan fingerprint density at radius 1 is 1.16 bits per heavy atom. The van der Waals surface area contributed by atoms with Crippen molar-refractivity contribution in [2.45, 2.75) is 0 Å². The lowest BCUT2D eigenvalue weighted by Crippen LogP contribution is -2.10. The van der Waals surface area contributed by atoms with E-state index in [0.717, 1.165) is 21.4 Å². The number of carbonyl (C=O) groups is 1. The van der Waals surface area contributed by atoms with E-state index in [-0.39, 0.29) is 0 Å². The summed E-state index contributed by atoms with van der Waals surface area (Å²) in [6, 6.07) is 11.0. The SMILES string of the molecule is NC(=O)c1ccc(-c2cnc3ccc(Br)cn23)cc1. The highest BCUT2D eigenvalue weighted by Crippen LogP contribution is 2.23. The number of pyridine rings is 1. The first kappa shape index (κ1) is 11.9. The molecule has 3 aromatic rings. The van der Waals surface area contributed by atoms with Crippen LogP contribution >= 0.6 is 15.9 Å². The monoisotopic (exact) mass is 315 g/mol. The molecule has 0 fully saturated rings. The molecule has 0 saturated heterocycles. The van der Waals surface area contributed by atoms with Gasteiger partial charge in [-0.15, -0.1) is 0 Å². The summed E-state index contributed by atoms with van der Waals surface area (Å²) in [5, 5.41) is 0. The number of aromatic nitrogens is 2. The van der Waals surface area contributed by atoms with Crippen LogP contribution in [0.25, 0.3) is 16.9 Å². The van der Waals surface area contributed by atoms with Crippen molar-refractivity contribution in [2.75, 3.05) is 0 Å². The summed E-state index contributed by atoms with van der Waals surface area (Å²) in [5.41, 5.74) is 8.55. The summed E-state index contributed by atoms with van der Waals surface area (Å²) < 4.78 is 2.97. The average Bonchev–Trinajstić information content (AvgIpc) is 2.81. The number of primary amides is 1. The molecule has 0 spiro atoms. The molecule has 0 atom stereocenters. The second kappa shape index (κ2) is 4.51. The van der Waals surface area contributed by atoms with Gasteiger partial charge in [0.1, 0.15) is 5.65 Å². The van der Waals surface area contributed by atoms with Crippen molar-refractivity contribution in [3.05, 3.63) is 58.8 Å². The molecule has 0 saturated carbocycles. The zero-order chi connectivity index (χ0) is 13.4. The highest BCUT2D eigenvalue weighted by Gasteiger charge is 2.07. The van der Waals surface area contributed by atoms with Crippen molar-refractivity contribution in [1.29, 1.82) is 0 Å². The Morgan fingerprint density at radius 2 is 1.89 bits per heavy atom. The molecule has 0 bridgehead atoms. The number of nitrogens with two attached hydrogens (primary N) is 1. The van der Waals surface area contributed by atoms with E-state index < -0.39 is 5.91 Å². The van der Waals surface area contributed by atoms with Crippen molar-refractivity contribution in [3.8, 4) is 11.3 Å². The minimum atomic E-state index is -0.424. The predicted molar refractivity (Wildman–Crippen MR) is 76.8 cm³/mol. The van der Waals surface area contributed by atoms with Gasteiger partial charge in [-0.25, -0.2) is 4.98 Å². The van der Waals surface area contributed by atoms with Crippen LogP contribution in [0.3, 0.4) is 0 Å². The fourth-order valence-corrected chi connectivity index (χ4v) is 2.31. The molecule has 0 aliphatic heterocycles. The number of carbonyl (C=O) groups excluding carboxylic acids is 1. The number of imidazole rings is 1. The number of benzene rings is 1. The maximum atomic E-state index is 11.1. The fraction of sp³-hybridized carbons (Fsp3) is 0. The third-order valence-corrected chi connectivity index (χ3v) is 3.40. The average molecular weight is 316 g/mol. The predicted octanol–water partition coefficient (Wildman–Crippen LogP) is 2.86. The van der Waals surface area contributed by atoms with Crippen molar-refractivity contribution < 1.29 is 4.79 Å². The molecule has 0 unspecified atom stereocenters. The summed E-state index contributed by atoms with van der Waals surface area (Å²) in [6.07, 6.45) is 3.76. The number of hydrogen-bond donors (Lipinski definition) is 1. The molecule has 4 nitrogen and oxygen atoms in total. The number of halogens is 1. The molecule has 94 valence electrons. The zero-order valence-electron chi connectivity index (χ0n) is 9.88. The molecular formula is C14H10BrN3O. The molecule has 5 heteroatoms. The van der Waals surface area contributed by atoms with Crippen molar-refractivity contribution in [3.63, 3.8) is 0 Å². The third-order valence-electron chi connectivity index (χ3n) is 2.93. The van der Waals surface area contributed by atoms with Crippen LogP contribution in [0, 0.1) is 0 Å². The number of nitrogens with zero attached hydrogens (tertiary/aromatic N) is 2. The lowest BCUT2D eigenvalue weighted by Gasteiger charge is -2.03. The molecule has 19 heavy (non-hydrogen) atoms. The van der Waals surface area contributed by atoms with E-state index >= 15 is 0 Å². The van der Waals surface area contributed by atoms with Gasteiger partial charge in [0.05, 0.1) is 11.9 Å². The Balaban J connectivity index is 2.13. The van der Waals surface area contributed by atoms with Gasteiger partial charge in [0.15, 0.2) is 0 Å². The maximum Gasteiger partial charge on any atom is 0.248 e. The van der Waals surface area contributed by atoms with Crippen molar-refractivity contribution in [1.82, 2.24) is 9.38 Å². The molecule has 2 N–H and O–H groups in total. The van der Waals surface area contributed by atoms with E-state index in [4.69, 9.17) is 5.73 Å². The third kappa shape index (κ3) is 2.13. The lowest BCUT2D eigenvalue weighted by atomic mass is 10.1. The van der Waals surface area contributed by atoms with Crippen LogP contribution in [0.4, 0.5) is 0 Å². The quantitative estimate of drug-likeness (QED) is 0.790. The normalized spacial score (nSPS) is 10.8. The van der Waals surface area contributed by atoms with E-state index in [9.17, 15) is 4.79 Å². The van der Waals surface area contributed by atoms with Gasteiger partial charge in [0.2, 0.25) is 5.91 Å². The van der Waals surface area contributed by atoms with E-state index in [1.165, 1.54) is 0 Å². The van der Waals surface area contributed by atoms with Crippen molar-refractivity contribution >= 4 is 27.5 Å². The first-order chi connectivity index (χ1) is 9.15. The van der Waals surface area contributed by atoms with Gasteiger partial charge >= 0.3 is 0 Å². The Bertz CT molecular complexity index is 762. The highest BCUT2D eigenvalue weighted by molar-refractivity contribution is 9.10. The maximum absolute atomic E-state index is 11.1. The molecule has 2 aromatic heterocycles. The van der Waals surface area contributed by atoms with Gasteiger partial charge in [0, 0.05) is 21.8 Å². The van der Waals surface area contributed by atoms with Gasteiger partial charge in [-0.3, -0.25) is 9.20 Å². The Labute approximate surface area is 118 Å². The largest absolute Gasteiger partial charge is 0.366 e. The molecular weight excluding hydrogens is 306 g/mol. The molecule has 2 heterocycles. The topological polar surface area (TPSA) is 60.4 Å². The molecule has 0 aliphatic carbocycles. The van der Waals surface area contributed by atoms with Crippen LogP contribution in [0.2, 0.25) is 0 Å². The zero-order valence-corrected chi connectivity index (χ0v) is 11.5. The lowest BCUT2D eigenvalue weighted by molar-refractivity contribution is 0.100. The minimum absolute atomic E-state index is 0.424. The number of amides is 1. The van der Waals surface area contributed by atoms with Crippen LogP contribution in [0.15, 0.2) is 53.3 Å². The van der Waals surface area contributed by atoms with Gasteiger partial charge in [-0.2, -0.15) is 0 Å². The van der Waals surface area contributed by atoms with Gasteiger partial charge in [-0.1, -0.05) is 12.1 Å². The Morgan fingerprint density at radius 3 is 2.58 bits per heavy atom.